The molecule has 0 aliphatic carbocycles. The molecular formula is C17H15NO3. The number of hydrogen-bond acceptors (Lipinski definition) is 4. The second-order valence-electron chi connectivity index (χ2n) is 4.73. The maximum atomic E-state index is 11.8. The molecular weight excluding hydrogens is 266 g/mol. The van der Waals surface area contributed by atoms with Crippen LogP contribution in [0.3, 0.4) is 0 Å². The van der Waals surface area contributed by atoms with E-state index in [0.29, 0.717) is 18.1 Å². The average molecular weight is 281 g/mol. The van der Waals surface area contributed by atoms with E-state index in [1.165, 1.54) is 0 Å². The third kappa shape index (κ3) is 3.28. The van der Waals surface area contributed by atoms with Crippen molar-refractivity contribution in [3.05, 3.63) is 71.8 Å². The van der Waals surface area contributed by atoms with Crippen molar-refractivity contribution in [2.24, 2.45) is 4.99 Å². The van der Waals surface area contributed by atoms with E-state index in [2.05, 4.69) is 4.99 Å². The zero-order chi connectivity index (χ0) is 14.5. The van der Waals surface area contributed by atoms with Crippen molar-refractivity contribution in [2.45, 2.75) is 6.04 Å². The first-order valence-electron chi connectivity index (χ1n) is 6.81. The number of carbonyl (C=O) groups excluding carboxylic acids is 1. The maximum absolute atomic E-state index is 11.8. The van der Waals surface area contributed by atoms with E-state index in [1.54, 1.807) is 24.3 Å². The Kier molecular flexibility index (Phi) is 3.96. The van der Waals surface area contributed by atoms with E-state index >= 15 is 0 Å². The number of rotatable bonds is 4. The zero-order valence-corrected chi connectivity index (χ0v) is 11.4. The smallest absolute Gasteiger partial charge is 0.338 e. The van der Waals surface area contributed by atoms with Crippen LogP contribution in [0, 0.1) is 0 Å². The first-order chi connectivity index (χ1) is 10.3. The van der Waals surface area contributed by atoms with Crippen molar-refractivity contribution in [1.82, 2.24) is 0 Å². The number of ether oxygens (including phenoxy) is 2. The molecule has 0 fully saturated rings. The zero-order valence-electron chi connectivity index (χ0n) is 11.4. The monoisotopic (exact) mass is 281 g/mol. The lowest BCUT2D eigenvalue weighted by Crippen LogP contribution is -2.18. The van der Waals surface area contributed by atoms with Crippen LogP contribution in [0.1, 0.15) is 15.9 Å². The van der Waals surface area contributed by atoms with E-state index in [1.807, 2.05) is 36.4 Å². The molecule has 0 aromatic heterocycles. The van der Waals surface area contributed by atoms with Gasteiger partial charge in [0.05, 0.1) is 5.56 Å². The van der Waals surface area contributed by atoms with Crippen LogP contribution in [0.2, 0.25) is 0 Å². The third-order valence-corrected chi connectivity index (χ3v) is 3.15. The highest BCUT2D eigenvalue weighted by atomic mass is 16.5. The summed E-state index contributed by atoms with van der Waals surface area (Å²) < 4.78 is 10.8. The maximum Gasteiger partial charge on any atom is 0.338 e. The number of esters is 1. The molecule has 0 radical (unpaired) electrons. The molecule has 2 aromatic rings. The van der Waals surface area contributed by atoms with Crippen LogP contribution in [-0.4, -0.2) is 31.1 Å². The molecule has 21 heavy (non-hydrogen) atoms. The number of hydrogen-bond donors (Lipinski definition) is 0. The Bertz CT molecular complexity index is 638. The van der Waals surface area contributed by atoms with Crippen molar-refractivity contribution in [3.8, 4) is 0 Å². The number of aliphatic imine (C=N–C) groups is 1. The molecule has 1 aliphatic rings. The molecule has 0 bridgehead atoms. The van der Waals surface area contributed by atoms with Gasteiger partial charge >= 0.3 is 5.97 Å². The molecule has 1 atom stereocenters. The van der Waals surface area contributed by atoms with Crippen LogP contribution in [0.25, 0.3) is 0 Å². The minimum atomic E-state index is -0.334. The van der Waals surface area contributed by atoms with Gasteiger partial charge in [-0.25, -0.2) is 9.79 Å². The lowest BCUT2D eigenvalue weighted by atomic mass is 10.2. The summed E-state index contributed by atoms with van der Waals surface area (Å²) in [5, 5.41) is 0. The van der Waals surface area contributed by atoms with Gasteiger partial charge in [0.1, 0.15) is 19.3 Å². The van der Waals surface area contributed by atoms with E-state index < -0.39 is 0 Å². The molecule has 0 unspecified atom stereocenters. The predicted octanol–water partition coefficient (Wildman–Crippen LogP) is 2.69. The highest BCUT2D eigenvalue weighted by Crippen LogP contribution is 2.13. The molecule has 3 rings (SSSR count). The van der Waals surface area contributed by atoms with Crippen molar-refractivity contribution in [3.63, 3.8) is 0 Å². The summed E-state index contributed by atoms with van der Waals surface area (Å²) in [5.41, 5.74) is 1.48. The Morgan fingerprint density at radius 3 is 2.48 bits per heavy atom. The number of nitrogens with zero attached hydrogens (tertiary/aromatic N) is 1. The molecule has 106 valence electrons. The minimum absolute atomic E-state index is 0.145. The first-order valence-corrected chi connectivity index (χ1v) is 6.81. The number of benzene rings is 2. The van der Waals surface area contributed by atoms with Gasteiger partial charge in [-0.15, -0.1) is 0 Å². The summed E-state index contributed by atoms with van der Waals surface area (Å²) in [7, 11) is 0. The van der Waals surface area contributed by atoms with E-state index in [9.17, 15) is 4.79 Å². The summed E-state index contributed by atoms with van der Waals surface area (Å²) in [6.07, 6.45) is 0. The Labute approximate surface area is 123 Å². The summed E-state index contributed by atoms with van der Waals surface area (Å²) in [4.78, 5) is 16.3. The molecule has 2 aromatic carbocycles. The largest absolute Gasteiger partial charge is 0.475 e. The van der Waals surface area contributed by atoms with Crippen molar-refractivity contribution in [1.29, 1.82) is 0 Å². The summed E-state index contributed by atoms with van der Waals surface area (Å²) in [6, 6.07) is 18.5. The fourth-order valence-corrected chi connectivity index (χ4v) is 2.07. The van der Waals surface area contributed by atoms with Crippen molar-refractivity contribution >= 4 is 11.9 Å². The van der Waals surface area contributed by atoms with Gasteiger partial charge < -0.3 is 9.47 Å². The highest BCUT2D eigenvalue weighted by Gasteiger charge is 2.21. The van der Waals surface area contributed by atoms with Gasteiger partial charge in [0.2, 0.25) is 5.90 Å². The van der Waals surface area contributed by atoms with E-state index in [0.717, 1.165) is 5.56 Å². The van der Waals surface area contributed by atoms with Crippen LogP contribution in [0.15, 0.2) is 65.7 Å². The minimum Gasteiger partial charge on any atom is -0.475 e. The lowest BCUT2D eigenvalue weighted by molar-refractivity contribution is 0.0472. The fourth-order valence-electron chi connectivity index (χ4n) is 2.07. The molecule has 0 saturated carbocycles. The molecule has 0 amide bonds. The van der Waals surface area contributed by atoms with Gasteiger partial charge in [0.25, 0.3) is 0 Å². The van der Waals surface area contributed by atoms with Gasteiger partial charge in [-0.2, -0.15) is 0 Å². The van der Waals surface area contributed by atoms with Crippen LogP contribution in [-0.2, 0) is 9.47 Å². The van der Waals surface area contributed by atoms with Gasteiger partial charge in [-0.05, 0) is 24.3 Å². The van der Waals surface area contributed by atoms with Crippen LogP contribution in [0.4, 0.5) is 0 Å². The Balaban J connectivity index is 1.58. The van der Waals surface area contributed by atoms with Gasteiger partial charge in [-0.1, -0.05) is 36.4 Å². The van der Waals surface area contributed by atoms with Crippen LogP contribution in [0.5, 0.6) is 0 Å². The summed E-state index contributed by atoms with van der Waals surface area (Å²) in [6.45, 7) is 0.663. The molecule has 1 aliphatic heterocycles. The Hall–Kier alpha value is -2.62. The van der Waals surface area contributed by atoms with Crippen molar-refractivity contribution < 1.29 is 14.3 Å². The fraction of sp³-hybridized carbons (Fsp3) is 0.176. The summed E-state index contributed by atoms with van der Waals surface area (Å²) in [5.74, 6) is 0.273. The molecule has 1 heterocycles. The number of carbonyl (C=O) groups is 1. The predicted molar refractivity (Wildman–Crippen MR) is 79.4 cm³/mol. The SMILES string of the molecule is O=C(OC[C@H]1COC(c2ccccc2)=N1)c1ccccc1. The lowest BCUT2D eigenvalue weighted by Gasteiger charge is -2.06. The molecule has 4 nitrogen and oxygen atoms in total. The van der Waals surface area contributed by atoms with Gasteiger partial charge in [0, 0.05) is 5.56 Å². The standard InChI is InChI=1S/C17H15NO3/c19-17(14-9-5-2-6-10-14)21-12-15-11-20-16(18-15)13-7-3-1-4-8-13/h1-10,15H,11-12H2/t15-/m1/s1. The van der Waals surface area contributed by atoms with E-state index in [4.69, 9.17) is 9.47 Å². The van der Waals surface area contributed by atoms with Crippen molar-refractivity contribution in [2.75, 3.05) is 13.2 Å². The molecule has 0 N–H and O–H groups in total. The van der Waals surface area contributed by atoms with E-state index in [-0.39, 0.29) is 18.6 Å². The second kappa shape index (κ2) is 6.22. The summed E-state index contributed by atoms with van der Waals surface area (Å²) >= 11 is 0. The Morgan fingerprint density at radius 2 is 1.76 bits per heavy atom. The first kappa shape index (κ1) is 13.4. The molecule has 0 saturated heterocycles. The topological polar surface area (TPSA) is 47.9 Å². The average Bonchev–Trinajstić information content (AvgIpc) is 3.03. The van der Waals surface area contributed by atoms with Crippen LogP contribution < -0.4 is 0 Å². The third-order valence-electron chi connectivity index (χ3n) is 3.15. The quantitative estimate of drug-likeness (QED) is 0.810. The molecule has 4 heteroatoms. The van der Waals surface area contributed by atoms with Gasteiger partial charge in [-0.3, -0.25) is 0 Å². The second-order valence-corrected chi connectivity index (χ2v) is 4.73. The highest BCUT2D eigenvalue weighted by molar-refractivity contribution is 5.95. The Morgan fingerprint density at radius 1 is 1.10 bits per heavy atom. The molecule has 0 spiro atoms. The van der Waals surface area contributed by atoms with Gasteiger partial charge in [0.15, 0.2) is 0 Å². The normalized spacial score (nSPS) is 17.0. The van der Waals surface area contributed by atoms with Crippen LogP contribution >= 0.6 is 0 Å².